The van der Waals surface area contributed by atoms with Crippen LogP contribution >= 0.6 is 7.43 Å². The fraction of sp³-hybridized carbons (Fsp3) is 0.750. The quantitative estimate of drug-likeness (QED) is 0.662. The maximum absolute atomic E-state index is 5.77. The third-order valence-corrected chi connectivity index (χ3v) is 6.93. The van der Waals surface area contributed by atoms with Gasteiger partial charge in [-0.3, -0.25) is 0 Å². The van der Waals surface area contributed by atoms with Crippen molar-refractivity contribution in [3.05, 3.63) is 11.8 Å². The van der Waals surface area contributed by atoms with Gasteiger partial charge in [-0.2, -0.15) is 0 Å². The Balaban J connectivity index is 3.03. The number of hydrogen-bond donors (Lipinski definition) is 0. The zero-order valence-corrected chi connectivity index (χ0v) is 9.80. The van der Waals surface area contributed by atoms with Gasteiger partial charge in [0.15, 0.2) is 0 Å². The summed E-state index contributed by atoms with van der Waals surface area (Å²) in [5, 5.41) is 0. The van der Waals surface area contributed by atoms with Gasteiger partial charge in [0.2, 0.25) is 0 Å². The van der Waals surface area contributed by atoms with Gasteiger partial charge >= 0.3 is 78.9 Å². The van der Waals surface area contributed by atoms with Crippen LogP contribution in [0.4, 0.5) is 0 Å². The van der Waals surface area contributed by atoms with Gasteiger partial charge in [-0.05, 0) is 0 Å². The van der Waals surface area contributed by atoms with Crippen molar-refractivity contribution in [1.82, 2.24) is 4.67 Å². The zero-order chi connectivity index (χ0) is 10.1. The van der Waals surface area contributed by atoms with Crippen molar-refractivity contribution in [2.24, 2.45) is 0 Å². The van der Waals surface area contributed by atoms with E-state index in [1.54, 1.807) is 14.2 Å². The summed E-state index contributed by atoms with van der Waals surface area (Å²) in [6.07, 6.45) is 2.70. The number of allylic oxidation sites excluding steroid dienone is 2. The molecule has 0 saturated heterocycles. The van der Waals surface area contributed by atoms with Gasteiger partial charge in [0.1, 0.15) is 0 Å². The molecule has 0 aliphatic carbocycles. The summed E-state index contributed by atoms with van der Waals surface area (Å²) in [6.45, 7) is 1.91. The monoisotopic (exact) mass is 207 g/mol. The summed E-state index contributed by atoms with van der Waals surface area (Å²) in [7, 11) is 4.09. The van der Waals surface area contributed by atoms with Gasteiger partial charge in [-0.1, -0.05) is 0 Å². The van der Waals surface area contributed by atoms with Gasteiger partial charge < -0.3 is 0 Å². The first-order chi connectivity index (χ1) is 5.99. The van der Waals surface area contributed by atoms with E-state index in [-0.39, 0.29) is 0 Å². The van der Waals surface area contributed by atoms with Crippen LogP contribution in [0.5, 0.6) is 0 Å². The minimum absolute atomic E-state index is 0.692. The third-order valence-electron chi connectivity index (χ3n) is 2.50. The molecule has 1 heterocycles. The normalized spacial score (nSPS) is 27.5. The van der Waals surface area contributed by atoms with Gasteiger partial charge in [0.25, 0.3) is 0 Å². The van der Waals surface area contributed by atoms with Crippen LogP contribution in [0.3, 0.4) is 0 Å². The first-order valence-electron chi connectivity index (χ1n) is 4.18. The molecule has 13 heavy (non-hydrogen) atoms. The van der Waals surface area contributed by atoms with Crippen LogP contribution in [0.2, 0.25) is 0 Å². The van der Waals surface area contributed by atoms with E-state index in [9.17, 15) is 0 Å². The predicted octanol–water partition coefficient (Wildman–Crippen LogP) is 1.99. The van der Waals surface area contributed by atoms with E-state index in [1.165, 1.54) is 0 Å². The molecule has 78 valence electrons. The first-order valence-corrected chi connectivity index (χ1v) is 6.30. The van der Waals surface area contributed by atoms with E-state index >= 15 is 0 Å². The standard InChI is InChI=1S/C8H18NO3P/c1-8-6-7-13(10-4,11-5,12-8)9(2)3/h6H,7H2,1-5H3. The van der Waals surface area contributed by atoms with Crippen molar-refractivity contribution in [3.8, 4) is 0 Å². The third kappa shape index (κ3) is 1.38. The summed E-state index contributed by atoms with van der Waals surface area (Å²) in [4.78, 5) is 0. The molecular weight excluding hydrogens is 189 g/mol. The van der Waals surface area contributed by atoms with Gasteiger partial charge in [-0.25, -0.2) is 0 Å². The molecule has 0 aromatic rings. The number of nitrogens with zero attached hydrogens (tertiary/aromatic N) is 1. The number of hydrogen-bond acceptors (Lipinski definition) is 4. The van der Waals surface area contributed by atoms with Gasteiger partial charge in [-0.15, -0.1) is 0 Å². The Morgan fingerprint density at radius 1 is 1.38 bits per heavy atom. The van der Waals surface area contributed by atoms with Crippen LogP contribution in [-0.2, 0) is 13.6 Å². The average molecular weight is 207 g/mol. The summed E-state index contributed by atoms with van der Waals surface area (Å²) in [5.74, 6) is 0.870. The molecule has 0 radical (unpaired) electrons. The summed E-state index contributed by atoms with van der Waals surface area (Å²) < 4.78 is 18.7. The molecule has 1 aliphatic heterocycles. The van der Waals surface area contributed by atoms with Crippen molar-refractivity contribution < 1.29 is 13.6 Å². The first kappa shape index (κ1) is 10.9. The summed E-state index contributed by atoms with van der Waals surface area (Å²) in [6, 6.07) is 0. The topological polar surface area (TPSA) is 30.9 Å². The van der Waals surface area contributed by atoms with Crippen molar-refractivity contribution in [3.63, 3.8) is 0 Å². The van der Waals surface area contributed by atoms with Crippen molar-refractivity contribution in [2.45, 2.75) is 6.92 Å². The fourth-order valence-electron chi connectivity index (χ4n) is 1.51. The van der Waals surface area contributed by atoms with Crippen LogP contribution in [0.15, 0.2) is 11.8 Å². The molecule has 0 N–H and O–H groups in total. The Kier molecular flexibility index (Phi) is 2.70. The molecule has 0 aromatic heterocycles. The van der Waals surface area contributed by atoms with Crippen LogP contribution < -0.4 is 0 Å². The van der Waals surface area contributed by atoms with Crippen molar-refractivity contribution in [2.75, 3.05) is 34.5 Å². The van der Waals surface area contributed by atoms with Gasteiger partial charge in [0.05, 0.1) is 0 Å². The molecule has 0 spiro atoms. The van der Waals surface area contributed by atoms with E-state index in [4.69, 9.17) is 13.6 Å². The van der Waals surface area contributed by atoms with Crippen LogP contribution in [0, 0.1) is 0 Å². The molecule has 0 aromatic carbocycles. The SMILES string of the molecule is COP1(OC)(N(C)C)CC=C(C)O1. The number of rotatable bonds is 3. The summed E-state index contributed by atoms with van der Waals surface area (Å²) in [5.41, 5.74) is 0. The van der Waals surface area contributed by atoms with Crippen LogP contribution in [0.25, 0.3) is 0 Å². The Hall–Kier alpha value is -0.150. The molecule has 1 rings (SSSR count). The van der Waals surface area contributed by atoms with Crippen molar-refractivity contribution >= 4 is 7.43 Å². The molecule has 5 heteroatoms. The van der Waals surface area contributed by atoms with E-state index in [1.807, 2.05) is 31.8 Å². The fourth-order valence-corrected chi connectivity index (χ4v) is 4.53. The molecule has 1 aliphatic rings. The van der Waals surface area contributed by atoms with Crippen molar-refractivity contribution in [1.29, 1.82) is 0 Å². The summed E-state index contributed by atoms with van der Waals surface area (Å²) >= 11 is 0. The Bertz CT molecular complexity index is 236. The molecule has 0 unspecified atom stereocenters. The second kappa shape index (κ2) is 3.21. The van der Waals surface area contributed by atoms with Crippen LogP contribution in [-0.4, -0.2) is 39.1 Å². The Morgan fingerprint density at radius 2 is 1.92 bits per heavy atom. The molecular formula is C8H18NO3P. The second-order valence-corrected chi connectivity index (χ2v) is 7.37. The van der Waals surface area contributed by atoms with E-state index < -0.39 is 7.43 Å². The Labute approximate surface area is 79.7 Å². The molecule has 4 nitrogen and oxygen atoms in total. The molecule has 0 fully saturated rings. The molecule has 0 bridgehead atoms. The second-order valence-electron chi connectivity index (χ2n) is 3.30. The maximum atomic E-state index is 5.77. The van der Waals surface area contributed by atoms with E-state index in [0.717, 1.165) is 5.76 Å². The van der Waals surface area contributed by atoms with E-state index in [0.29, 0.717) is 6.16 Å². The molecule has 0 amide bonds. The predicted molar refractivity (Wildman–Crippen MR) is 54.3 cm³/mol. The Morgan fingerprint density at radius 3 is 2.08 bits per heavy atom. The average Bonchev–Trinajstić information content (AvgIpc) is 2.46. The minimum atomic E-state index is -3.00. The zero-order valence-electron chi connectivity index (χ0n) is 8.90. The van der Waals surface area contributed by atoms with Crippen LogP contribution in [0.1, 0.15) is 6.92 Å². The van der Waals surface area contributed by atoms with Gasteiger partial charge in [0, 0.05) is 0 Å². The molecule has 0 saturated carbocycles. The van der Waals surface area contributed by atoms with E-state index in [2.05, 4.69) is 0 Å². The molecule has 0 atom stereocenters.